The number of hydrogen-bond donors (Lipinski definition) is 2. The van der Waals surface area contributed by atoms with Crippen molar-refractivity contribution >= 4 is 10.0 Å². The van der Waals surface area contributed by atoms with Gasteiger partial charge < -0.3 is 5.32 Å². The van der Waals surface area contributed by atoms with E-state index in [2.05, 4.69) is 10.0 Å². The van der Waals surface area contributed by atoms with Gasteiger partial charge in [0, 0.05) is 13.1 Å². The highest BCUT2D eigenvalue weighted by atomic mass is 32.2. The maximum Gasteiger partial charge on any atom is 0.416 e. The van der Waals surface area contributed by atoms with Crippen molar-refractivity contribution in [1.82, 2.24) is 10.0 Å². The summed E-state index contributed by atoms with van der Waals surface area (Å²) in [5.41, 5.74) is 0.179. The van der Waals surface area contributed by atoms with Gasteiger partial charge in [0.15, 0.2) is 0 Å². The number of aryl methyl sites for hydroxylation is 1. The van der Waals surface area contributed by atoms with Gasteiger partial charge in [-0.15, -0.1) is 0 Å². The normalized spacial score (nSPS) is 16.5. The van der Waals surface area contributed by atoms with Crippen molar-refractivity contribution in [3.63, 3.8) is 0 Å². The van der Waals surface area contributed by atoms with Crippen LogP contribution in [0.5, 0.6) is 0 Å². The van der Waals surface area contributed by atoms with Gasteiger partial charge in [-0.25, -0.2) is 13.1 Å². The van der Waals surface area contributed by atoms with E-state index in [1.54, 1.807) is 0 Å². The smallest absolute Gasteiger partial charge is 0.313 e. The molecule has 0 spiro atoms. The Balaban J connectivity index is 2.17. The van der Waals surface area contributed by atoms with E-state index in [0.29, 0.717) is 6.54 Å². The average molecular weight is 334 g/mol. The molecule has 1 aliphatic heterocycles. The lowest BCUT2D eigenvalue weighted by molar-refractivity contribution is -0.137. The molecule has 0 radical (unpaired) electrons. The molecule has 0 aromatic heterocycles. The van der Waals surface area contributed by atoms with Crippen LogP contribution in [-0.4, -0.2) is 28.1 Å². The van der Waals surface area contributed by atoms with Crippen LogP contribution in [0.3, 0.4) is 0 Å². The van der Waals surface area contributed by atoms with Gasteiger partial charge in [0.1, 0.15) is 0 Å². The van der Waals surface area contributed by atoms with Gasteiger partial charge in [0.05, 0.1) is 10.5 Å². The summed E-state index contributed by atoms with van der Waals surface area (Å²) in [5.74, 6) is 0. The number of hydrogen-bond acceptors (Lipinski definition) is 3. The lowest BCUT2D eigenvalue weighted by atomic mass is 10.1. The van der Waals surface area contributed by atoms with Crippen molar-refractivity contribution in [2.45, 2.75) is 24.4 Å². The first-order valence-corrected chi connectivity index (χ1v) is 8.24. The first kappa shape index (κ1) is 17.0. The number of benzene rings is 1. The van der Waals surface area contributed by atoms with E-state index >= 15 is 0 Å². The molecule has 8 heteroatoms. The number of halogens is 3. The van der Waals surface area contributed by atoms with E-state index in [4.69, 9.17) is 0 Å². The van der Waals surface area contributed by atoms with Crippen LogP contribution >= 0.6 is 0 Å². The van der Waals surface area contributed by atoms with Gasteiger partial charge in [-0.05, 0) is 43.7 Å². The molecule has 0 saturated carbocycles. The molecular formula is C14H17F3N2O2S. The Morgan fingerprint density at radius 2 is 2.05 bits per heavy atom. The van der Waals surface area contributed by atoms with E-state index in [1.807, 2.05) is 6.08 Å². The highest BCUT2D eigenvalue weighted by Crippen LogP contribution is 2.31. The van der Waals surface area contributed by atoms with Crippen molar-refractivity contribution in [3.05, 3.63) is 41.0 Å². The Morgan fingerprint density at radius 3 is 2.59 bits per heavy atom. The highest BCUT2D eigenvalue weighted by Gasteiger charge is 2.31. The summed E-state index contributed by atoms with van der Waals surface area (Å²) in [6.45, 7) is 3.00. The van der Waals surface area contributed by atoms with Gasteiger partial charge >= 0.3 is 6.18 Å². The van der Waals surface area contributed by atoms with Crippen LogP contribution < -0.4 is 10.0 Å². The van der Waals surface area contributed by atoms with Crippen LogP contribution in [0.1, 0.15) is 17.5 Å². The molecule has 0 aliphatic carbocycles. The van der Waals surface area contributed by atoms with E-state index < -0.39 is 21.8 Å². The Bertz CT molecular complexity index is 682. The zero-order chi connectivity index (χ0) is 16.4. The average Bonchev–Trinajstić information content (AvgIpc) is 2.45. The van der Waals surface area contributed by atoms with Crippen molar-refractivity contribution in [2.24, 2.45) is 0 Å². The van der Waals surface area contributed by atoms with Crippen molar-refractivity contribution < 1.29 is 21.6 Å². The molecule has 0 unspecified atom stereocenters. The molecule has 0 bridgehead atoms. The number of rotatable bonds is 4. The van der Waals surface area contributed by atoms with Crippen LogP contribution in [0.25, 0.3) is 0 Å². The Kier molecular flexibility index (Phi) is 4.93. The molecule has 0 fully saturated rings. The summed E-state index contributed by atoms with van der Waals surface area (Å²) < 4.78 is 64.7. The molecule has 0 amide bonds. The van der Waals surface area contributed by atoms with Gasteiger partial charge in [0.25, 0.3) is 0 Å². The van der Waals surface area contributed by atoms with Crippen LogP contribution in [0.15, 0.2) is 34.7 Å². The molecule has 22 heavy (non-hydrogen) atoms. The van der Waals surface area contributed by atoms with E-state index in [9.17, 15) is 21.6 Å². The molecule has 0 atom stereocenters. The maximum atomic E-state index is 12.6. The molecule has 122 valence electrons. The predicted molar refractivity (Wildman–Crippen MR) is 76.9 cm³/mol. The Morgan fingerprint density at radius 1 is 1.32 bits per heavy atom. The third-order valence-corrected chi connectivity index (χ3v) is 5.00. The van der Waals surface area contributed by atoms with Gasteiger partial charge in [0.2, 0.25) is 10.0 Å². The first-order chi connectivity index (χ1) is 10.2. The summed E-state index contributed by atoms with van der Waals surface area (Å²) in [7, 11) is -3.83. The van der Waals surface area contributed by atoms with Gasteiger partial charge in [-0.3, -0.25) is 0 Å². The summed E-state index contributed by atoms with van der Waals surface area (Å²) in [6.07, 6.45) is -1.83. The fraction of sp³-hybridized carbons (Fsp3) is 0.429. The van der Waals surface area contributed by atoms with Crippen LogP contribution in [0.2, 0.25) is 0 Å². The fourth-order valence-electron chi connectivity index (χ4n) is 2.22. The second kappa shape index (κ2) is 6.39. The predicted octanol–water partition coefficient (Wildman–Crippen LogP) is 2.21. The third-order valence-electron chi connectivity index (χ3n) is 3.44. The molecule has 1 aliphatic rings. The topological polar surface area (TPSA) is 58.2 Å². The minimum absolute atomic E-state index is 0.0709. The zero-order valence-corrected chi connectivity index (χ0v) is 12.8. The molecule has 2 N–H and O–H groups in total. The molecule has 1 aromatic rings. The summed E-state index contributed by atoms with van der Waals surface area (Å²) in [5, 5.41) is 3.11. The second-order valence-corrected chi connectivity index (χ2v) is 6.85. The van der Waals surface area contributed by atoms with Crippen LogP contribution in [0.4, 0.5) is 13.2 Å². The molecular weight excluding hydrogens is 317 g/mol. The summed E-state index contributed by atoms with van der Waals surface area (Å²) in [6, 6.07) is 2.63. The number of alkyl halides is 3. The van der Waals surface area contributed by atoms with Crippen molar-refractivity contribution in [3.8, 4) is 0 Å². The minimum atomic E-state index is -4.49. The van der Waals surface area contributed by atoms with Gasteiger partial charge in [-0.1, -0.05) is 11.6 Å². The maximum absolute atomic E-state index is 12.6. The molecule has 4 nitrogen and oxygen atoms in total. The quantitative estimate of drug-likeness (QED) is 0.830. The Labute approximate surface area is 127 Å². The highest BCUT2D eigenvalue weighted by molar-refractivity contribution is 7.89. The van der Waals surface area contributed by atoms with E-state index in [-0.39, 0.29) is 17.0 Å². The fourth-order valence-corrected chi connectivity index (χ4v) is 3.48. The van der Waals surface area contributed by atoms with E-state index in [1.165, 1.54) is 6.92 Å². The molecule has 1 aromatic carbocycles. The second-order valence-electron chi connectivity index (χ2n) is 5.12. The Hall–Kier alpha value is -1.38. The SMILES string of the molecule is Cc1cc(C(F)(F)F)ccc1S(=O)(=O)NCC1=CCNCC1. The summed E-state index contributed by atoms with van der Waals surface area (Å²) in [4.78, 5) is -0.130. The van der Waals surface area contributed by atoms with Crippen LogP contribution in [0, 0.1) is 6.92 Å². The lowest BCUT2D eigenvalue weighted by Crippen LogP contribution is -2.30. The van der Waals surface area contributed by atoms with Crippen LogP contribution in [-0.2, 0) is 16.2 Å². The standard InChI is InChI=1S/C14H17F3N2O2S/c1-10-8-12(14(15,16)17)2-3-13(10)22(20,21)19-9-11-4-6-18-7-5-11/h2-4,8,18-19H,5-7,9H2,1H3. The molecule has 0 saturated heterocycles. The number of nitrogens with one attached hydrogen (secondary N) is 2. The summed E-state index contributed by atoms with van der Waals surface area (Å²) >= 11 is 0. The number of sulfonamides is 1. The minimum Gasteiger partial charge on any atom is -0.313 e. The molecule has 2 rings (SSSR count). The van der Waals surface area contributed by atoms with Crippen molar-refractivity contribution in [1.29, 1.82) is 0 Å². The first-order valence-electron chi connectivity index (χ1n) is 6.76. The van der Waals surface area contributed by atoms with Crippen molar-refractivity contribution in [2.75, 3.05) is 19.6 Å². The van der Waals surface area contributed by atoms with Gasteiger partial charge in [-0.2, -0.15) is 13.2 Å². The monoisotopic (exact) mass is 334 g/mol. The van der Waals surface area contributed by atoms with E-state index in [0.717, 1.165) is 36.7 Å². The third kappa shape index (κ3) is 4.08. The lowest BCUT2D eigenvalue weighted by Gasteiger charge is -2.16. The largest absolute Gasteiger partial charge is 0.416 e. The molecule has 1 heterocycles. The zero-order valence-electron chi connectivity index (χ0n) is 12.0.